The predicted octanol–water partition coefficient (Wildman–Crippen LogP) is 4.34. The molecular formula is C20H30N3+. The van der Waals surface area contributed by atoms with Crippen molar-refractivity contribution >= 4 is 5.82 Å². The smallest absolute Gasteiger partial charge is 0.271 e. The summed E-state index contributed by atoms with van der Waals surface area (Å²) in [5.74, 6) is 1.01. The van der Waals surface area contributed by atoms with E-state index in [2.05, 4.69) is 23.3 Å². The van der Waals surface area contributed by atoms with Crippen LogP contribution >= 0.6 is 0 Å². The molecule has 0 aliphatic heterocycles. The summed E-state index contributed by atoms with van der Waals surface area (Å²) in [6.07, 6.45) is 14.7. The Balaban J connectivity index is 1.94. The first kappa shape index (κ1) is 16.3. The van der Waals surface area contributed by atoms with E-state index in [4.69, 9.17) is 0 Å². The second kappa shape index (κ2) is 7.81. The average Bonchev–Trinajstić information content (AvgIpc) is 2.60. The molecule has 2 N–H and O–H groups in total. The van der Waals surface area contributed by atoms with Gasteiger partial charge in [0.25, 0.3) is 5.82 Å². The number of anilines is 1. The van der Waals surface area contributed by atoms with Gasteiger partial charge in [-0.25, -0.2) is 4.98 Å². The third-order valence-electron chi connectivity index (χ3n) is 5.51. The normalized spacial score (nSPS) is 18.3. The SMILES string of the molecule is CCCCc1[nH+]c(NC2CCCCC2)c(C#N)c2c1CCCC2. The highest BCUT2D eigenvalue weighted by atomic mass is 15.0. The summed E-state index contributed by atoms with van der Waals surface area (Å²) < 4.78 is 0. The molecule has 2 aliphatic rings. The first-order valence-corrected chi connectivity index (χ1v) is 9.60. The molecule has 1 aromatic rings. The van der Waals surface area contributed by atoms with Crippen LogP contribution in [-0.2, 0) is 19.3 Å². The Morgan fingerprint density at radius 3 is 2.52 bits per heavy atom. The van der Waals surface area contributed by atoms with Gasteiger partial charge < -0.3 is 0 Å². The third kappa shape index (κ3) is 3.68. The lowest BCUT2D eigenvalue weighted by molar-refractivity contribution is -0.375. The Morgan fingerprint density at radius 2 is 1.83 bits per heavy atom. The number of fused-ring (bicyclic) bond motifs is 1. The van der Waals surface area contributed by atoms with E-state index in [0.29, 0.717) is 6.04 Å². The van der Waals surface area contributed by atoms with Gasteiger partial charge in [0.05, 0.1) is 6.04 Å². The molecule has 2 aliphatic carbocycles. The largest absolute Gasteiger partial charge is 0.291 e. The summed E-state index contributed by atoms with van der Waals surface area (Å²) in [5, 5.41) is 13.5. The first-order valence-electron chi connectivity index (χ1n) is 9.60. The van der Waals surface area contributed by atoms with Crippen molar-refractivity contribution in [2.24, 2.45) is 0 Å². The second-order valence-electron chi connectivity index (χ2n) is 7.21. The van der Waals surface area contributed by atoms with E-state index in [-0.39, 0.29) is 0 Å². The zero-order valence-electron chi connectivity index (χ0n) is 14.5. The van der Waals surface area contributed by atoms with E-state index in [1.54, 1.807) is 0 Å². The van der Waals surface area contributed by atoms with Gasteiger partial charge in [0.2, 0.25) is 0 Å². The number of aromatic nitrogens is 1. The maximum Gasteiger partial charge on any atom is 0.291 e. The van der Waals surface area contributed by atoms with Crippen molar-refractivity contribution in [3.05, 3.63) is 22.4 Å². The average molecular weight is 312 g/mol. The Bertz CT molecular complexity index is 580. The lowest BCUT2D eigenvalue weighted by Crippen LogP contribution is -2.31. The van der Waals surface area contributed by atoms with Crippen LogP contribution < -0.4 is 10.3 Å². The van der Waals surface area contributed by atoms with Gasteiger partial charge in [0.15, 0.2) is 0 Å². The molecule has 0 saturated heterocycles. The molecule has 1 aromatic heterocycles. The maximum absolute atomic E-state index is 9.76. The van der Waals surface area contributed by atoms with Gasteiger partial charge in [-0.3, -0.25) is 5.32 Å². The molecule has 1 fully saturated rings. The molecule has 1 heterocycles. The van der Waals surface area contributed by atoms with Crippen LogP contribution in [0.4, 0.5) is 5.82 Å². The van der Waals surface area contributed by atoms with Gasteiger partial charge in [-0.1, -0.05) is 19.8 Å². The van der Waals surface area contributed by atoms with Crippen LogP contribution in [0.1, 0.15) is 87.1 Å². The fraction of sp³-hybridized carbons (Fsp3) is 0.700. The minimum Gasteiger partial charge on any atom is -0.271 e. The minimum absolute atomic E-state index is 0.535. The highest BCUT2D eigenvalue weighted by molar-refractivity contribution is 5.56. The van der Waals surface area contributed by atoms with Crippen LogP contribution in [0.3, 0.4) is 0 Å². The number of pyridine rings is 1. The van der Waals surface area contributed by atoms with Crippen molar-refractivity contribution in [2.75, 3.05) is 5.32 Å². The summed E-state index contributed by atoms with van der Waals surface area (Å²) in [6.45, 7) is 2.25. The Morgan fingerprint density at radius 1 is 1.09 bits per heavy atom. The molecule has 0 spiro atoms. The molecule has 0 aromatic carbocycles. The number of rotatable bonds is 5. The van der Waals surface area contributed by atoms with E-state index >= 15 is 0 Å². The molecular weight excluding hydrogens is 282 g/mol. The topological polar surface area (TPSA) is 50.0 Å². The van der Waals surface area contributed by atoms with Crippen LogP contribution in [0.5, 0.6) is 0 Å². The molecule has 0 radical (unpaired) electrons. The van der Waals surface area contributed by atoms with Gasteiger partial charge in [-0.2, -0.15) is 5.26 Å². The van der Waals surface area contributed by atoms with Crippen molar-refractivity contribution in [3.8, 4) is 6.07 Å². The fourth-order valence-corrected chi connectivity index (χ4v) is 4.20. The van der Waals surface area contributed by atoms with Crippen LogP contribution in [-0.4, -0.2) is 6.04 Å². The number of nitrogens with one attached hydrogen (secondary N) is 2. The number of unbranched alkanes of at least 4 members (excludes halogenated alkanes) is 1. The molecule has 3 heteroatoms. The van der Waals surface area contributed by atoms with Crippen LogP contribution in [0, 0.1) is 11.3 Å². The van der Waals surface area contributed by atoms with Crippen molar-refractivity contribution < 1.29 is 4.98 Å². The number of hydrogen-bond donors (Lipinski definition) is 1. The van der Waals surface area contributed by atoms with Gasteiger partial charge in [-0.05, 0) is 68.9 Å². The van der Waals surface area contributed by atoms with Crippen molar-refractivity contribution in [1.82, 2.24) is 0 Å². The molecule has 0 unspecified atom stereocenters. The zero-order chi connectivity index (χ0) is 16.1. The van der Waals surface area contributed by atoms with Crippen LogP contribution in [0.25, 0.3) is 0 Å². The van der Waals surface area contributed by atoms with E-state index in [1.165, 1.54) is 74.6 Å². The molecule has 0 atom stereocenters. The van der Waals surface area contributed by atoms with Gasteiger partial charge in [-0.15, -0.1) is 0 Å². The maximum atomic E-state index is 9.76. The summed E-state index contributed by atoms with van der Waals surface area (Å²) in [6, 6.07) is 3.04. The number of hydrogen-bond acceptors (Lipinski definition) is 2. The lowest BCUT2D eigenvalue weighted by atomic mass is 9.86. The number of aromatic amines is 1. The van der Waals surface area contributed by atoms with Crippen molar-refractivity contribution in [1.29, 1.82) is 5.26 Å². The molecule has 3 nitrogen and oxygen atoms in total. The van der Waals surface area contributed by atoms with Gasteiger partial charge in [0, 0.05) is 6.42 Å². The number of nitriles is 1. The highest BCUT2D eigenvalue weighted by Gasteiger charge is 2.27. The van der Waals surface area contributed by atoms with Gasteiger partial charge >= 0.3 is 0 Å². The molecule has 0 bridgehead atoms. The molecule has 0 amide bonds. The number of H-pyrrole nitrogens is 1. The summed E-state index contributed by atoms with van der Waals surface area (Å²) >= 11 is 0. The highest BCUT2D eigenvalue weighted by Crippen LogP contribution is 2.30. The molecule has 23 heavy (non-hydrogen) atoms. The monoisotopic (exact) mass is 312 g/mol. The van der Waals surface area contributed by atoms with E-state index in [0.717, 1.165) is 30.6 Å². The zero-order valence-corrected chi connectivity index (χ0v) is 14.5. The fourth-order valence-electron chi connectivity index (χ4n) is 4.20. The molecule has 124 valence electrons. The second-order valence-corrected chi connectivity index (χ2v) is 7.21. The Kier molecular flexibility index (Phi) is 5.54. The van der Waals surface area contributed by atoms with Crippen LogP contribution in [0.15, 0.2) is 0 Å². The minimum atomic E-state index is 0.535. The van der Waals surface area contributed by atoms with E-state index in [1.807, 2.05) is 0 Å². The van der Waals surface area contributed by atoms with E-state index in [9.17, 15) is 5.26 Å². The van der Waals surface area contributed by atoms with Crippen LogP contribution in [0.2, 0.25) is 0 Å². The Labute approximate surface area is 140 Å². The third-order valence-corrected chi connectivity index (χ3v) is 5.51. The number of aryl methyl sites for hydroxylation is 1. The van der Waals surface area contributed by atoms with Gasteiger partial charge in [0.1, 0.15) is 17.3 Å². The first-order chi connectivity index (χ1) is 11.3. The summed E-state index contributed by atoms with van der Waals surface area (Å²) in [7, 11) is 0. The number of nitrogens with zero attached hydrogens (tertiary/aromatic N) is 1. The van der Waals surface area contributed by atoms with Crippen molar-refractivity contribution in [3.63, 3.8) is 0 Å². The standard InChI is InChI=1S/C20H29N3/c1-2-3-13-19-17-12-8-7-11-16(17)18(14-21)20(23-19)22-15-9-5-4-6-10-15/h15H,2-13H2,1H3,(H,22,23)/p+1. The molecule has 3 rings (SSSR count). The molecule has 1 saturated carbocycles. The van der Waals surface area contributed by atoms with Crippen molar-refractivity contribution in [2.45, 2.75) is 90.0 Å². The summed E-state index contributed by atoms with van der Waals surface area (Å²) in [4.78, 5) is 3.64. The van der Waals surface area contributed by atoms with E-state index < -0.39 is 0 Å². The quantitative estimate of drug-likeness (QED) is 0.879. The Hall–Kier alpha value is -1.56. The summed E-state index contributed by atoms with van der Waals surface area (Å²) in [5.41, 5.74) is 5.07. The predicted molar refractivity (Wildman–Crippen MR) is 93.5 cm³/mol. The lowest BCUT2D eigenvalue weighted by Gasteiger charge is -2.23.